The number of carboxylic acid groups (broad SMARTS) is 1. The highest BCUT2D eigenvalue weighted by molar-refractivity contribution is 6.30. The van der Waals surface area contributed by atoms with Crippen molar-refractivity contribution in [3.05, 3.63) is 29.3 Å². The zero-order valence-electron chi connectivity index (χ0n) is 7.12. The largest absolute Gasteiger partial charge is 0.480 e. The first-order valence-electron chi connectivity index (χ1n) is 3.84. The summed E-state index contributed by atoms with van der Waals surface area (Å²) < 4.78 is 0. The lowest BCUT2D eigenvalue weighted by Crippen LogP contribution is -2.25. The van der Waals surface area contributed by atoms with Gasteiger partial charge in [0.2, 0.25) is 0 Å². The van der Waals surface area contributed by atoms with Crippen molar-refractivity contribution in [3.63, 3.8) is 0 Å². The summed E-state index contributed by atoms with van der Waals surface area (Å²) >= 11 is 5.72. The van der Waals surface area contributed by atoms with Gasteiger partial charge in [-0.2, -0.15) is 0 Å². The fourth-order valence-corrected chi connectivity index (χ4v) is 1.08. The van der Waals surface area contributed by atoms with Crippen molar-refractivity contribution >= 4 is 23.3 Å². The number of hydrogen-bond donors (Lipinski definition) is 2. The van der Waals surface area contributed by atoms with E-state index in [0.717, 1.165) is 0 Å². The van der Waals surface area contributed by atoms with Crippen molar-refractivity contribution in [1.29, 1.82) is 0 Å². The quantitative estimate of drug-likeness (QED) is 0.785. The maximum atomic E-state index is 10.5. The first kappa shape index (κ1) is 9.86. The van der Waals surface area contributed by atoms with Crippen LogP contribution in [0.4, 0.5) is 5.69 Å². The third kappa shape index (κ3) is 2.95. The maximum absolute atomic E-state index is 10.5. The minimum Gasteiger partial charge on any atom is -0.480 e. The average molecular weight is 200 g/mol. The van der Waals surface area contributed by atoms with Crippen molar-refractivity contribution < 1.29 is 9.90 Å². The molecule has 2 N–H and O–H groups in total. The highest BCUT2D eigenvalue weighted by Crippen LogP contribution is 2.15. The number of hydrogen-bond acceptors (Lipinski definition) is 2. The monoisotopic (exact) mass is 199 g/mol. The van der Waals surface area contributed by atoms with Crippen molar-refractivity contribution in [2.24, 2.45) is 0 Å². The SMILES string of the molecule is CC(Nc1cccc(Cl)c1)C(=O)O. The molecule has 3 nitrogen and oxygen atoms in total. The molecule has 1 atom stereocenters. The van der Waals surface area contributed by atoms with Crippen molar-refractivity contribution in [2.45, 2.75) is 13.0 Å². The van der Waals surface area contributed by atoms with E-state index in [9.17, 15) is 4.79 Å². The zero-order chi connectivity index (χ0) is 9.84. The molecule has 0 spiro atoms. The molecule has 70 valence electrons. The van der Waals surface area contributed by atoms with Crippen molar-refractivity contribution in [1.82, 2.24) is 0 Å². The lowest BCUT2D eigenvalue weighted by Gasteiger charge is -2.10. The molecule has 13 heavy (non-hydrogen) atoms. The van der Waals surface area contributed by atoms with Crippen LogP contribution in [0.15, 0.2) is 24.3 Å². The Balaban J connectivity index is 2.69. The second-order valence-corrected chi connectivity index (χ2v) is 3.15. The van der Waals surface area contributed by atoms with Gasteiger partial charge in [0.25, 0.3) is 0 Å². The van der Waals surface area contributed by atoms with E-state index in [0.29, 0.717) is 10.7 Å². The average Bonchev–Trinajstić information content (AvgIpc) is 2.04. The summed E-state index contributed by atoms with van der Waals surface area (Å²) in [6, 6.07) is 6.34. The molecule has 0 saturated heterocycles. The fraction of sp³-hybridized carbons (Fsp3) is 0.222. The highest BCUT2D eigenvalue weighted by Gasteiger charge is 2.09. The van der Waals surface area contributed by atoms with E-state index < -0.39 is 12.0 Å². The Kier molecular flexibility index (Phi) is 3.14. The lowest BCUT2D eigenvalue weighted by molar-refractivity contribution is -0.137. The molecule has 0 aliphatic carbocycles. The Labute approximate surface area is 81.3 Å². The van der Waals surface area contributed by atoms with Crippen LogP contribution in [0.2, 0.25) is 5.02 Å². The van der Waals surface area contributed by atoms with Crippen LogP contribution in [0.5, 0.6) is 0 Å². The van der Waals surface area contributed by atoms with Gasteiger partial charge in [-0.3, -0.25) is 4.79 Å². The van der Waals surface area contributed by atoms with E-state index >= 15 is 0 Å². The predicted octanol–water partition coefficient (Wildman–Crippen LogP) is 2.22. The first-order valence-corrected chi connectivity index (χ1v) is 4.22. The van der Waals surface area contributed by atoms with E-state index in [-0.39, 0.29) is 0 Å². The number of halogens is 1. The van der Waals surface area contributed by atoms with Crippen LogP contribution in [0.1, 0.15) is 6.92 Å². The fourth-order valence-electron chi connectivity index (χ4n) is 0.890. The third-order valence-corrected chi connectivity index (χ3v) is 1.81. The lowest BCUT2D eigenvalue weighted by atomic mass is 10.2. The molecule has 0 radical (unpaired) electrons. The molecule has 1 unspecified atom stereocenters. The van der Waals surface area contributed by atoms with Gasteiger partial charge in [0.05, 0.1) is 0 Å². The van der Waals surface area contributed by atoms with E-state index in [1.807, 2.05) is 0 Å². The number of rotatable bonds is 3. The summed E-state index contributed by atoms with van der Waals surface area (Å²) in [6.45, 7) is 1.57. The summed E-state index contributed by atoms with van der Waals surface area (Å²) in [5.41, 5.74) is 0.711. The van der Waals surface area contributed by atoms with Crippen molar-refractivity contribution in [2.75, 3.05) is 5.32 Å². The number of nitrogens with one attached hydrogen (secondary N) is 1. The maximum Gasteiger partial charge on any atom is 0.325 e. The Bertz CT molecular complexity index is 314. The minimum absolute atomic E-state index is 0.586. The first-order chi connectivity index (χ1) is 6.09. The molecule has 1 rings (SSSR count). The Morgan fingerprint density at radius 1 is 1.62 bits per heavy atom. The molecule has 0 bridgehead atoms. The summed E-state index contributed by atoms with van der Waals surface area (Å²) in [5.74, 6) is -0.889. The molecule has 0 saturated carbocycles. The van der Waals surface area contributed by atoms with Crippen LogP contribution in [-0.2, 0) is 4.79 Å². The number of carboxylic acids is 1. The van der Waals surface area contributed by atoms with E-state index in [1.54, 1.807) is 31.2 Å². The molecule has 0 fully saturated rings. The molecule has 0 aliphatic heterocycles. The van der Waals surface area contributed by atoms with Gasteiger partial charge in [-0.05, 0) is 25.1 Å². The van der Waals surface area contributed by atoms with E-state index in [4.69, 9.17) is 16.7 Å². The molecule has 0 aromatic heterocycles. The molecular formula is C9H10ClNO2. The third-order valence-electron chi connectivity index (χ3n) is 1.58. The molecule has 1 aromatic carbocycles. The number of benzene rings is 1. The molecule has 1 aromatic rings. The predicted molar refractivity (Wildman–Crippen MR) is 52.2 cm³/mol. The highest BCUT2D eigenvalue weighted by atomic mass is 35.5. The van der Waals surface area contributed by atoms with Crippen LogP contribution in [-0.4, -0.2) is 17.1 Å². The normalized spacial score (nSPS) is 12.2. The Hall–Kier alpha value is -1.22. The molecule has 0 amide bonds. The molecular weight excluding hydrogens is 190 g/mol. The van der Waals surface area contributed by atoms with Gasteiger partial charge in [0, 0.05) is 10.7 Å². The van der Waals surface area contributed by atoms with Gasteiger partial charge >= 0.3 is 5.97 Å². The summed E-state index contributed by atoms with van der Waals surface area (Å²) in [5, 5.41) is 12.0. The molecule has 0 aliphatic rings. The number of aliphatic carboxylic acids is 1. The standard InChI is InChI=1S/C9H10ClNO2/c1-6(9(12)13)11-8-4-2-3-7(10)5-8/h2-6,11H,1H3,(H,12,13). The molecule has 4 heteroatoms. The second kappa shape index (κ2) is 4.14. The number of carbonyl (C=O) groups is 1. The number of anilines is 1. The topological polar surface area (TPSA) is 49.3 Å². The van der Waals surface area contributed by atoms with Gasteiger partial charge < -0.3 is 10.4 Å². The Morgan fingerprint density at radius 2 is 2.31 bits per heavy atom. The van der Waals surface area contributed by atoms with Crippen LogP contribution >= 0.6 is 11.6 Å². The van der Waals surface area contributed by atoms with Gasteiger partial charge in [0.1, 0.15) is 6.04 Å². The smallest absolute Gasteiger partial charge is 0.325 e. The summed E-state index contributed by atoms with van der Waals surface area (Å²) in [7, 11) is 0. The van der Waals surface area contributed by atoms with Gasteiger partial charge in [0.15, 0.2) is 0 Å². The van der Waals surface area contributed by atoms with Crippen LogP contribution < -0.4 is 5.32 Å². The van der Waals surface area contributed by atoms with Gasteiger partial charge in [-0.15, -0.1) is 0 Å². The van der Waals surface area contributed by atoms with Crippen LogP contribution in [0.3, 0.4) is 0 Å². The second-order valence-electron chi connectivity index (χ2n) is 2.71. The zero-order valence-corrected chi connectivity index (χ0v) is 7.88. The van der Waals surface area contributed by atoms with Crippen molar-refractivity contribution in [3.8, 4) is 0 Å². The van der Waals surface area contributed by atoms with E-state index in [1.165, 1.54) is 0 Å². The minimum atomic E-state index is -0.889. The van der Waals surface area contributed by atoms with Crippen LogP contribution in [0, 0.1) is 0 Å². The van der Waals surface area contributed by atoms with Crippen LogP contribution in [0.25, 0.3) is 0 Å². The van der Waals surface area contributed by atoms with E-state index in [2.05, 4.69) is 5.32 Å². The Morgan fingerprint density at radius 3 is 2.85 bits per heavy atom. The van der Waals surface area contributed by atoms with Gasteiger partial charge in [-0.1, -0.05) is 17.7 Å². The summed E-state index contributed by atoms with van der Waals surface area (Å²) in [4.78, 5) is 10.5. The van der Waals surface area contributed by atoms with Gasteiger partial charge in [-0.25, -0.2) is 0 Å². The summed E-state index contributed by atoms with van der Waals surface area (Å²) in [6.07, 6.45) is 0. The molecule has 0 heterocycles.